The van der Waals surface area contributed by atoms with Crippen LogP contribution >= 0.6 is 11.6 Å². The monoisotopic (exact) mass is 230 g/mol. The Balaban J connectivity index is 2.96. The first-order chi connectivity index (χ1) is 7.06. The average molecular weight is 231 g/mol. The number of hydrogen-bond donors (Lipinski definition) is 0. The van der Waals surface area contributed by atoms with Crippen LogP contribution in [-0.4, -0.2) is 17.8 Å². The molecule has 82 valence electrons. The quantitative estimate of drug-likeness (QED) is 0.587. The van der Waals surface area contributed by atoms with E-state index >= 15 is 0 Å². The maximum atomic E-state index is 13.3. The first kappa shape index (κ1) is 12.0. The summed E-state index contributed by atoms with van der Waals surface area (Å²) in [5, 5.41) is -0.651. The van der Waals surface area contributed by atoms with E-state index in [-0.39, 0.29) is 17.1 Å². The summed E-state index contributed by atoms with van der Waals surface area (Å²) in [7, 11) is 0. The number of carbonyl (C=O) groups excluding carboxylic acids is 1. The molecule has 15 heavy (non-hydrogen) atoms. The Kier molecular flexibility index (Phi) is 4.09. The van der Waals surface area contributed by atoms with E-state index in [0.717, 1.165) is 6.07 Å². The second kappa shape index (κ2) is 5.12. The Morgan fingerprint density at radius 3 is 2.73 bits per heavy atom. The summed E-state index contributed by atoms with van der Waals surface area (Å²) < 4.78 is 18.4. The van der Waals surface area contributed by atoms with Crippen LogP contribution in [-0.2, 0) is 0 Å². The van der Waals surface area contributed by atoms with E-state index in [1.54, 1.807) is 13.8 Å². The number of rotatable bonds is 4. The zero-order valence-electron chi connectivity index (χ0n) is 8.59. The SMILES string of the molecule is CCOc1ccc(C(=O)C(C)Cl)cc1F. The van der Waals surface area contributed by atoms with E-state index in [1.165, 1.54) is 12.1 Å². The molecule has 0 aromatic heterocycles. The largest absolute Gasteiger partial charge is 0.491 e. The second-order valence-electron chi connectivity index (χ2n) is 3.06. The van der Waals surface area contributed by atoms with E-state index < -0.39 is 11.2 Å². The number of benzene rings is 1. The molecule has 1 aromatic rings. The third kappa shape index (κ3) is 2.93. The zero-order valence-corrected chi connectivity index (χ0v) is 9.34. The lowest BCUT2D eigenvalue weighted by atomic mass is 10.1. The Bertz CT molecular complexity index is 364. The van der Waals surface area contributed by atoms with Crippen LogP contribution in [0.4, 0.5) is 4.39 Å². The summed E-state index contributed by atoms with van der Waals surface area (Å²) in [6.07, 6.45) is 0. The molecule has 0 aliphatic heterocycles. The van der Waals surface area contributed by atoms with Crippen LogP contribution in [0.2, 0.25) is 0 Å². The van der Waals surface area contributed by atoms with Crippen molar-refractivity contribution >= 4 is 17.4 Å². The molecule has 1 rings (SSSR count). The molecule has 0 heterocycles. The van der Waals surface area contributed by atoms with Gasteiger partial charge in [-0.3, -0.25) is 4.79 Å². The molecule has 0 aliphatic rings. The number of alkyl halides is 1. The van der Waals surface area contributed by atoms with Gasteiger partial charge in [-0.1, -0.05) is 0 Å². The van der Waals surface area contributed by atoms with Crippen molar-refractivity contribution in [3.05, 3.63) is 29.6 Å². The predicted molar refractivity (Wildman–Crippen MR) is 57.2 cm³/mol. The van der Waals surface area contributed by atoms with Crippen LogP contribution in [0.3, 0.4) is 0 Å². The average Bonchev–Trinajstić information content (AvgIpc) is 2.20. The third-order valence-electron chi connectivity index (χ3n) is 1.88. The lowest BCUT2D eigenvalue weighted by Gasteiger charge is -2.07. The van der Waals surface area contributed by atoms with Crippen LogP contribution in [0.15, 0.2) is 18.2 Å². The van der Waals surface area contributed by atoms with Gasteiger partial charge in [0, 0.05) is 5.56 Å². The van der Waals surface area contributed by atoms with Gasteiger partial charge >= 0.3 is 0 Å². The molecule has 1 atom stereocenters. The van der Waals surface area contributed by atoms with Crippen molar-refractivity contribution in [3.8, 4) is 5.75 Å². The Morgan fingerprint density at radius 2 is 2.27 bits per heavy atom. The number of Topliss-reactive ketones (excluding diaryl/α,β-unsaturated/α-hetero) is 1. The van der Waals surface area contributed by atoms with E-state index in [0.29, 0.717) is 6.61 Å². The highest BCUT2D eigenvalue weighted by Gasteiger charge is 2.14. The number of ether oxygens (including phenoxy) is 1. The fourth-order valence-corrected chi connectivity index (χ4v) is 1.28. The predicted octanol–water partition coefficient (Wildman–Crippen LogP) is 3.03. The lowest BCUT2D eigenvalue weighted by Crippen LogP contribution is -2.10. The van der Waals surface area contributed by atoms with Crippen molar-refractivity contribution < 1.29 is 13.9 Å². The van der Waals surface area contributed by atoms with Gasteiger partial charge in [0.05, 0.1) is 12.0 Å². The molecule has 0 saturated carbocycles. The van der Waals surface area contributed by atoms with Gasteiger partial charge in [-0.25, -0.2) is 4.39 Å². The number of hydrogen-bond acceptors (Lipinski definition) is 2. The smallest absolute Gasteiger partial charge is 0.180 e. The topological polar surface area (TPSA) is 26.3 Å². The van der Waals surface area contributed by atoms with Gasteiger partial charge in [-0.2, -0.15) is 0 Å². The van der Waals surface area contributed by atoms with Crippen LogP contribution in [0.5, 0.6) is 5.75 Å². The fraction of sp³-hybridized carbons (Fsp3) is 0.364. The lowest BCUT2D eigenvalue weighted by molar-refractivity contribution is 0.0991. The van der Waals surface area contributed by atoms with Crippen molar-refractivity contribution in [1.29, 1.82) is 0 Å². The van der Waals surface area contributed by atoms with E-state index in [4.69, 9.17) is 16.3 Å². The molecule has 0 bridgehead atoms. The highest BCUT2D eigenvalue weighted by molar-refractivity contribution is 6.33. The maximum Gasteiger partial charge on any atom is 0.180 e. The van der Waals surface area contributed by atoms with Crippen molar-refractivity contribution in [2.45, 2.75) is 19.2 Å². The van der Waals surface area contributed by atoms with Crippen molar-refractivity contribution in [1.82, 2.24) is 0 Å². The maximum absolute atomic E-state index is 13.3. The molecular weight excluding hydrogens is 219 g/mol. The van der Waals surface area contributed by atoms with Crippen LogP contribution < -0.4 is 4.74 Å². The van der Waals surface area contributed by atoms with Gasteiger partial charge in [-0.05, 0) is 32.0 Å². The summed E-state index contributed by atoms with van der Waals surface area (Å²) >= 11 is 5.61. The molecule has 2 nitrogen and oxygen atoms in total. The number of halogens is 2. The zero-order chi connectivity index (χ0) is 11.4. The number of ketones is 1. The molecule has 1 aromatic carbocycles. The summed E-state index contributed by atoms with van der Waals surface area (Å²) in [6.45, 7) is 3.70. The highest BCUT2D eigenvalue weighted by Crippen LogP contribution is 2.19. The molecule has 0 aliphatic carbocycles. The van der Waals surface area contributed by atoms with Crippen LogP contribution in [0.1, 0.15) is 24.2 Å². The highest BCUT2D eigenvalue weighted by atomic mass is 35.5. The van der Waals surface area contributed by atoms with Crippen molar-refractivity contribution in [2.24, 2.45) is 0 Å². The van der Waals surface area contributed by atoms with E-state index in [2.05, 4.69) is 0 Å². The molecule has 4 heteroatoms. The van der Waals surface area contributed by atoms with Gasteiger partial charge < -0.3 is 4.74 Å². The van der Waals surface area contributed by atoms with Gasteiger partial charge in [0.15, 0.2) is 17.3 Å². The van der Waals surface area contributed by atoms with Crippen molar-refractivity contribution in [2.75, 3.05) is 6.61 Å². The molecule has 1 unspecified atom stereocenters. The van der Waals surface area contributed by atoms with Crippen LogP contribution in [0, 0.1) is 5.82 Å². The minimum atomic E-state index is -0.651. The minimum absolute atomic E-state index is 0.149. The second-order valence-corrected chi connectivity index (χ2v) is 3.71. The first-order valence-corrected chi connectivity index (χ1v) is 5.10. The Labute approximate surface area is 93.0 Å². The van der Waals surface area contributed by atoms with E-state index in [9.17, 15) is 9.18 Å². The van der Waals surface area contributed by atoms with Gasteiger partial charge in [-0.15, -0.1) is 11.6 Å². The summed E-state index contributed by atoms with van der Waals surface area (Å²) in [5.41, 5.74) is 0.262. The van der Waals surface area contributed by atoms with E-state index in [1.807, 2.05) is 0 Å². The summed E-state index contributed by atoms with van der Waals surface area (Å²) in [5.74, 6) is -0.685. The Hall–Kier alpha value is -1.09. The molecule has 0 radical (unpaired) electrons. The summed E-state index contributed by atoms with van der Waals surface area (Å²) in [6, 6.07) is 4.09. The van der Waals surface area contributed by atoms with Gasteiger partial charge in [0.2, 0.25) is 0 Å². The number of carbonyl (C=O) groups is 1. The molecule has 0 saturated heterocycles. The standard InChI is InChI=1S/C11H12ClFO2/c1-3-15-10-5-4-8(6-9(10)13)11(14)7(2)12/h4-7H,3H2,1-2H3. The van der Waals surface area contributed by atoms with Crippen molar-refractivity contribution in [3.63, 3.8) is 0 Å². The van der Waals surface area contributed by atoms with Gasteiger partial charge in [0.1, 0.15) is 0 Å². The fourth-order valence-electron chi connectivity index (χ4n) is 1.16. The minimum Gasteiger partial charge on any atom is -0.491 e. The first-order valence-electron chi connectivity index (χ1n) is 4.67. The van der Waals surface area contributed by atoms with Crippen LogP contribution in [0.25, 0.3) is 0 Å². The molecule has 0 amide bonds. The third-order valence-corrected chi connectivity index (χ3v) is 2.08. The Morgan fingerprint density at radius 1 is 1.60 bits per heavy atom. The molecule has 0 spiro atoms. The molecular formula is C11H12ClFO2. The normalized spacial score (nSPS) is 12.3. The summed E-state index contributed by atoms with van der Waals surface area (Å²) in [4.78, 5) is 11.4. The molecule has 0 fully saturated rings. The van der Waals surface area contributed by atoms with Gasteiger partial charge in [0.25, 0.3) is 0 Å². The molecule has 0 N–H and O–H groups in total.